The second kappa shape index (κ2) is 7.83. The van der Waals surface area contributed by atoms with Crippen LogP contribution in [-0.4, -0.2) is 19.2 Å². The van der Waals surface area contributed by atoms with Gasteiger partial charge in [0.2, 0.25) is 0 Å². The number of benzene rings is 2. The lowest BCUT2D eigenvalue weighted by Gasteiger charge is -2.11. The van der Waals surface area contributed by atoms with E-state index in [9.17, 15) is 9.18 Å². The van der Waals surface area contributed by atoms with Gasteiger partial charge in [-0.1, -0.05) is 17.7 Å². The Morgan fingerprint density at radius 3 is 2.52 bits per heavy atom. The molecule has 0 atom stereocenters. The van der Waals surface area contributed by atoms with Gasteiger partial charge in [-0.05, 0) is 55.3 Å². The lowest BCUT2D eigenvalue weighted by Crippen LogP contribution is -2.32. The molecular weight excluding hydrogens is 319 g/mol. The highest BCUT2D eigenvalue weighted by atomic mass is 35.5. The molecule has 2 amide bonds. The van der Waals surface area contributed by atoms with Crippen LogP contribution in [0.5, 0.6) is 5.75 Å². The predicted octanol–water partition coefficient (Wildman–Crippen LogP) is 4.30. The summed E-state index contributed by atoms with van der Waals surface area (Å²) in [4.78, 5) is 11.8. The van der Waals surface area contributed by atoms with Crippen molar-refractivity contribution in [3.8, 4) is 5.75 Å². The maximum absolute atomic E-state index is 12.9. The highest BCUT2D eigenvalue weighted by Crippen LogP contribution is 2.24. The molecule has 0 unspecified atom stereocenters. The summed E-state index contributed by atoms with van der Waals surface area (Å²) >= 11 is 5.84. The highest BCUT2D eigenvalue weighted by molar-refractivity contribution is 6.32. The molecule has 0 bridgehead atoms. The molecule has 23 heavy (non-hydrogen) atoms. The largest absolute Gasteiger partial charge is 0.490 e. The number of amides is 2. The van der Waals surface area contributed by atoms with E-state index in [4.69, 9.17) is 16.3 Å². The molecule has 0 spiro atoms. The average molecular weight is 337 g/mol. The first-order valence-corrected chi connectivity index (χ1v) is 7.53. The number of rotatable bonds is 5. The molecule has 0 aromatic heterocycles. The van der Waals surface area contributed by atoms with Gasteiger partial charge in [0.1, 0.15) is 18.2 Å². The van der Waals surface area contributed by atoms with Crippen molar-refractivity contribution in [3.05, 3.63) is 58.4 Å². The van der Waals surface area contributed by atoms with Gasteiger partial charge in [0.25, 0.3) is 0 Å². The topological polar surface area (TPSA) is 50.4 Å². The minimum Gasteiger partial charge on any atom is -0.490 e. The second-order valence-corrected chi connectivity index (χ2v) is 5.59. The van der Waals surface area contributed by atoms with Crippen LogP contribution in [0.1, 0.15) is 11.1 Å². The van der Waals surface area contributed by atoms with Crippen LogP contribution in [0.15, 0.2) is 36.4 Å². The first-order chi connectivity index (χ1) is 10.9. The van der Waals surface area contributed by atoms with Crippen molar-refractivity contribution in [2.75, 3.05) is 18.5 Å². The zero-order valence-corrected chi connectivity index (χ0v) is 13.7. The zero-order valence-electron chi connectivity index (χ0n) is 13.0. The zero-order chi connectivity index (χ0) is 16.8. The molecule has 2 aromatic carbocycles. The van der Waals surface area contributed by atoms with E-state index < -0.39 is 5.82 Å². The Morgan fingerprint density at radius 2 is 1.87 bits per heavy atom. The maximum Gasteiger partial charge on any atom is 0.319 e. The standard InChI is InChI=1S/C17H18ClFN2O2/c1-11-7-12(2)9-14(8-11)21-17(22)20-5-6-23-16-4-3-13(19)10-15(16)18/h3-4,7-10H,5-6H2,1-2H3,(H2,20,21,22). The fourth-order valence-electron chi connectivity index (χ4n) is 2.14. The Labute approximate surface area is 139 Å². The lowest BCUT2D eigenvalue weighted by molar-refractivity contribution is 0.247. The second-order valence-electron chi connectivity index (χ2n) is 5.18. The Balaban J connectivity index is 1.76. The van der Waals surface area contributed by atoms with Crippen LogP contribution in [0.4, 0.5) is 14.9 Å². The van der Waals surface area contributed by atoms with Crippen molar-refractivity contribution in [2.24, 2.45) is 0 Å². The van der Waals surface area contributed by atoms with Crippen molar-refractivity contribution >= 4 is 23.3 Å². The third-order valence-corrected chi connectivity index (χ3v) is 3.31. The fourth-order valence-corrected chi connectivity index (χ4v) is 2.36. The molecule has 2 N–H and O–H groups in total. The molecule has 0 saturated carbocycles. The molecule has 0 aliphatic rings. The van der Waals surface area contributed by atoms with Gasteiger partial charge in [0.05, 0.1) is 11.6 Å². The fraction of sp³-hybridized carbons (Fsp3) is 0.235. The van der Waals surface area contributed by atoms with Crippen LogP contribution in [-0.2, 0) is 0 Å². The maximum atomic E-state index is 12.9. The summed E-state index contributed by atoms with van der Waals surface area (Å²) in [6.07, 6.45) is 0. The summed E-state index contributed by atoms with van der Waals surface area (Å²) in [7, 11) is 0. The molecule has 2 aromatic rings. The van der Waals surface area contributed by atoms with Gasteiger partial charge in [-0.25, -0.2) is 9.18 Å². The van der Waals surface area contributed by atoms with Gasteiger partial charge >= 0.3 is 6.03 Å². The van der Waals surface area contributed by atoms with Crippen molar-refractivity contribution < 1.29 is 13.9 Å². The van der Waals surface area contributed by atoms with Crippen molar-refractivity contribution in [2.45, 2.75) is 13.8 Å². The number of nitrogens with one attached hydrogen (secondary N) is 2. The number of ether oxygens (including phenoxy) is 1. The van der Waals surface area contributed by atoms with Gasteiger partial charge in [0.15, 0.2) is 0 Å². The van der Waals surface area contributed by atoms with Gasteiger partial charge in [0, 0.05) is 5.69 Å². The number of carbonyl (C=O) groups is 1. The molecule has 0 radical (unpaired) electrons. The molecule has 2 rings (SSSR count). The van der Waals surface area contributed by atoms with E-state index in [1.807, 2.05) is 32.0 Å². The molecule has 0 heterocycles. The van der Waals surface area contributed by atoms with Crippen LogP contribution in [0.25, 0.3) is 0 Å². The molecule has 0 aliphatic carbocycles. The van der Waals surface area contributed by atoms with Gasteiger partial charge in [-0.3, -0.25) is 0 Å². The molecule has 4 nitrogen and oxygen atoms in total. The van der Waals surface area contributed by atoms with E-state index in [0.29, 0.717) is 12.3 Å². The number of carbonyl (C=O) groups excluding carboxylic acids is 1. The first-order valence-electron chi connectivity index (χ1n) is 7.15. The minimum atomic E-state index is -0.423. The summed E-state index contributed by atoms with van der Waals surface area (Å²) in [5, 5.41) is 5.64. The minimum absolute atomic E-state index is 0.199. The average Bonchev–Trinajstić information content (AvgIpc) is 2.44. The van der Waals surface area contributed by atoms with E-state index in [-0.39, 0.29) is 17.7 Å². The SMILES string of the molecule is Cc1cc(C)cc(NC(=O)NCCOc2ccc(F)cc2Cl)c1. The summed E-state index contributed by atoms with van der Waals surface area (Å²) in [5.41, 5.74) is 2.90. The van der Waals surface area contributed by atoms with Crippen molar-refractivity contribution in [3.63, 3.8) is 0 Å². The van der Waals surface area contributed by atoms with E-state index in [1.54, 1.807) is 0 Å². The first kappa shape index (κ1) is 17.1. The number of halogens is 2. The molecule has 0 aliphatic heterocycles. The van der Waals surface area contributed by atoms with E-state index >= 15 is 0 Å². The Bertz CT molecular complexity index is 687. The van der Waals surface area contributed by atoms with Crippen LogP contribution in [0.3, 0.4) is 0 Å². The Hall–Kier alpha value is -2.27. The summed E-state index contributed by atoms with van der Waals surface area (Å²) in [6, 6.07) is 9.39. The van der Waals surface area contributed by atoms with Crippen LogP contribution < -0.4 is 15.4 Å². The number of urea groups is 1. The van der Waals surface area contributed by atoms with E-state index in [1.165, 1.54) is 18.2 Å². The van der Waals surface area contributed by atoms with E-state index in [2.05, 4.69) is 10.6 Å². The van der Waals surface area contributed by atoms with Gasteiger partial charge in [-0.2, -0.15) is 0 Å². The summed E-state index contributed by atoms with van der Waals surface area (Å²) < 4.78 is 18.3. The predicted molar refractivity (Wildman–Crippen MR) is 89.8 cm³/mol. The van der Waals surface area contributed by atoms with Crippen LogP contribution >= 0.6 is 11.6 Å². The number of anilines is 1. The summed E-state index contributed by atoms with van der Waals surface area (Å²) in [5.74, 6) is -0.0436. The molecule has 0 fully saturated rings. The van der Waals surface area contributed by atoms with E-state index in [0.717, 1.165) is 16.8 Å². The van der Waals surface area contributed by atoms with Crippen molar-refractivity contribution in [1.29, 1.82) is 0 Å². The normalized spacial score (nSPS) is 10.3. The Morgan fingerprint density at radius 1 is 1.17 bits per heavy atom. The molecule has 0 saturated heterocycles. The smallest absolute Gasteiger partial charge is 0.319 e. The van der Waals surface area contributed by atoms with Crippen LogP contribution in [0.2, 0.25) is 5.02 Å². The number of hydrogen-bond donors (Lipinski definition) is 2. The van der Waals surface area contributed by atoms with Crippen LogP contribution in [0, 0.1) is 19.7 Å². The van der Waals surface area contributed by atoms with Gasteiger partial charge in [-0.15, -0.1) is 0 Å². The van der Waals surface area contributed by atoms with Gasteiger partial charge < -0.3 is 15.4 Å². The molecule has 122 valence electrons. The molecular formula is C17H18ClFN2O2. The summed E-state index contributed by atoms with van der Waals surface area (Å²) in [6.45, 7) is 4.46. The third-order valence-electron chi connectivity index (χ3n) is 3.02. The quantitative estimate of drug-likeness (QED) is 0.800. The number of hydrogen-bond acceptors (Lipinski definition) is 2. The monoisotopic (exact) mass is 336 g/mol. The van der Waals surface area contributed by atoms with Crippen molar-refractivity contribution in [1.82, 2.24) is 5.32 Å². The third kappa shape index (κ3) is 5.45. The lowest BCUT2D eigenvalue weighted by atomic mass is 10.1. The highest BCUT2D eigenvalue weighted by Gasteiger charge is 2.05. The number of aryl methyl sites for hydroxylation is 2. The Kier molecular flexibility index (Phi) is 5.82. The molecule has 6 heteroatoms.